The fourth-order valence-electron chi connectivity index (χ4n) is 7.15. The smallest absolute Gasteiger partial charge is 0.0140 e. The Morgan fingerprint density at radius 1 is 0.781 bits per heavy atom. The molecule has 0 aromatic heterocycles. The third-order valence-corrected chi connectivity index (χ3v) is 9.48. The van der Waals surface area contributed by atoms with E-state index >= 15 is 0 Å². The minimum absolute atomic E-state index is 0.772. The topological polar surface area (TPSA) is 0 Å². The van der Waals surface area contributed by atoms with Gasteiger partial charge < -0.3 is 0 Å². The molecule has 0 heterocycles. The first-order valence-corrected chi connectivity index (χ1v) is 14.7. The van der Waals surface area contributed by atoms with Crippen LogP contribution in [0.1, 0.15) is 129 Å². The molecule has 3 fully saturated rings. The van der Waals surface area contributed by atoms with Gasteiger partial charge in [0.1, 0.15) is 0 Å². The van der Waals surface area contributed by atoms with Gasteiger partial charge in [-0.05, 0) is 113 Å². The molecule has 0 aromatic carbocycles. The summed E-state index contributed by atoms with van der Waals surface area (Å²) in [4.78, 5) is 0. The van der Waals surface area contributed by atoms with Gasteiger partial charge >= 0.3 is 0 Å². The predicted molar refractivity (Wildman–Crippen MR) is 143 cm³/mol. The first-order chi connectivity index (χ1) is 15.7. The van der Waals surface area contributed by atoms with Crippen LogP contribution in [0.15, 0.2) is 37.0 Å². The summed E-state index contributed by atoms with van der Waals surface area (Å²) in [6, 6.07) is 0. The van der Waals surface area contributed by atoms with Gasteiger partial charge in [0.15, 0.2) is 0 Å². The van der Waals surface area contributed by atoms with Crippen molar-refractivity contribution in [2.75, 3.05) is 0 Å². The summed E-state index contributed by atoms with van der Waals surface area (Å²) in [5, 5.41) is 0. The maximum atomic E-state index is 4.74. The van der Waals surface area contributed by atoms with Gasteiger partial charge in [-0.1, -0.05) is 82.2 Å². The van der Waals surface area contributed by atoms with Crippen molar-refractivity contribution >= 4 is 0 Å². The predicted octanol–water partition coefficient (Wildman–Crippen LogP) is 10.5. The third kappa shape index (κ3) is 8.22. The summed E-state index contributed by atoms with van der Waals surface area (Å²) in [5.74, 6) is 5.14. The van der Waals surface area contributed by atoms with Crippen molar-refractivity contribution in [2.24, 2.45) is 35.5 Å². The van der Waals surface area contributed by atoms with Crippen LogP contribution in [0.4, 0.5) is 0 Å². The SMILES string of the molecule is C=CC1CCC(CC/C=C/C2CCCCC2C(=C)C2CCC(CCCCCC)CC2)CC1. The van der Waals surface area contributed by atoms with Gasteiger partial charge in [0.2, 0.25) is 0 Å². The Bertz CT molecular complexity index is 553. The Morgan fingerprint density at radius 2 is 1.47 bits per heavy atom. The van der Waals surface area contributed by atoms with Crippen LogP contribution in [0.5, 0.6) is 0 Å². The van der Waals surface area contributed by atoms with Gasteiger partial charge in [-0.15, -0.1) is 6.58 Å². The molecule has 0 heteroatoms. The number of hydrogen-bond donors (Lipinski definition) is 0. The first-order valence-electron chi connectivity index (χ1n) is 14.7. The highest BCUT2D eigenvalue weighted by Gasteiger charge is 2.31. The quantitative estimate of drug-likeness (QED) is 0.210. The molecule has 0 bridgehead atoms. The average molecular weight is 439 g/mol. The van der Waals surface area contributed by atoms with Crippen LogP contribution >= 0.6 is 0 Å². The highest BCUT2D eigenvalue weighted by Crippen LogP contribution is 2.44. The van der Waals surface area contributed by atoms with Crippen LogP contribution < -0.4 is 0 Å². The van der Waals surface area contributed by atoms with E-state index in [0.717, 1.165) is 35.5 Å². The molecule has 3 aliphatic carbocycles. The van der Waals surface area contributed by atoms with Gasteiger partial charge in [-0.2, -0.15) is 0 Å². The van der Waals surface area contributed by atoms with Crippen LogP contribution in [-0.4, -0.2) is 0 Å². The van der Waals surface area contributed by atoms with Crippen molar-refractivity contribution < 1.29 is 0 Å². The maximum Gasteiger partial charge on any atom is -0.0140 e. The summed E-state index contributed by atoms with van der Waals surface area (Å²) in [7, 11) is 0. The van der Waals surface area contributed by atoms with E-state index in [1.807, 2.05) is 0 Å². The molecule has 2 atom stereocenters. The zero-order valence-corrected chi connectivity index (χ0v) is 21.5. The fraction of sp³-hybridized carbons (Fsp3) is 0.812. The summed E-state index contributed by atoms with van der Waals surface area (Å²) >= 11 is 0. The Hall–Kier alpha value is -0.780. The van der Waals surface area contributed by atoms with Crippen LogP contribution in [0.3, 0.4) is 0 Å². The Kier molecular flexibility index (Phi) is 11.7. The molecule has 2 unspecified atom stereocenters. The van der Waals surface area contributed by atoms with Crippen molar-refractivity contribution in [3.63, 3.8) is 0 Å². The van der Waals surface area contributed by atoms with Gasteiger partial charge in [0.05, 0.1) is 0 Å². The van der Waals surface area contributed by atoms with E-state index in [-0.39, 0.29) is 0 Å². The minimum Gasteiger partial charge on any atom is -0.103 e. The Morgan fingerprint density at radius 3 is 2.19 bits per heavy atom. The van der Waals surface area contributed by atoms with Crippen LogP contribution in [0.25, 0.3) is 0 Å². The zero-order chi connectivity index (χ0) is 22.6. The molecule has 0 amide bonds. The summed E-state index contributed by atoms with van der Waals surface area (Å²) in [6.45, 7) is 11.1. The van der Waals surface area contributed by atoms with Gasteiger partial charge in [-0.3, -0.25) is 0 Å². The normalized spacial score (nSPS) is 33.9. The molecule has 0 N–H and O–H groups in total. The second-order valence-corrected chi connectivity index (χ2v) is 11.7. The number of unbranched alkanes of at least 4 members (excludes halogenated alkanes) is 3. The standard InChI is InChI=1S/C32H54/c1-4-6-7-8-13-29-22-24-30(25-23-29)26(3)32-17-12-11-16-31(32)15-10-9-14-28-20-18-27(5-2)19-21-28/h5,10,15,27-32H,2-4,6-9,11-14,16-25H2,1H3/b15-10+. The Balaban J connectivity index is 1.39. The van der Waals surface area contributed by atoms with Crippen molar-refractivity contribution in [3.05, 3.63) is 37.0 Å². The molecular weight excluding hydrogens is 384 g/mol. The van der Waals surface area contributed by atoms with Crippen molar-refractivity contribution in [3.8, 4) is 0 Å². The van der Waals surface area contributed by atoms with Crippen LogP contribution in [-0.2, 0) is 0 Å². The molecule has 0 aromatic rings. The molecule has 182 valence electrons. The van der Waals surface area contributed by atoms with Crippen LogP contribution in [0, 0.1) is 35.5 Å². The second-order valence-electron chi connectivity index (χ2n) is 11.7. The molecule has 3 saturated carbocycles. The lowest BCUT2D eigenvalue weighted by molar-refractivity contribution is 0.242. The minimum atomic E-state index is 0.772. The molecule has 3 aliphatic rings. The number of hydrogen-bond acceptors (Lipinski definition) is 0. The van der Waals surface area contributed by atoms with E-state index in [4.69, 9.17) is 6.58 Å². The molecule has 0 spiro atoms. The van der Waals surface area contributed by atoms with E-state index in [9.17, 15) is 0 Å². The number of allylic oxidation sites excluding steroid dienone is 4. The van der Waals surface area contributed by atoms with Gasteiger partial charge in [0.25, 0.3) is 0 Å². The van der Waals surface area contributed by atoms with E-state index < -0.39 is 0 Å². The molecular formula is C32H54. The zero-order valence-electron chi connectivity index (χ0n) is 21.5. The summed E-state index contributed by atoms with van der Waals surface area (Å²) in [6.07, 6.45) is 34.3. The summed E-state index contributed by atoms with van der Waals surface area (Å²) < 4.78 is 0. The largest absolute Gasteiger partial charge is 0.103 e. The molecule has 3 rings (SSSR count). The van der Waals surface area contributed by atoms with Crippen LogP contribution in [0.2, 0.25) is 0 Å². The summed E-state index contributed by atoms with van der Waals surface area (Å²) in [5.41, 5.74) is 1.64. The lowest BCUT2D eigenvalue weighted by Crippen LogP contribution is -2.26. The maximum absolute atomic E-state index is 4.74. The molecule has 32 heavy (non-hydrogen) atoms. The van der Waals surface area contributed by atoms with E-state index in [1.54, 1.807) is 5.57 Å². The fourth-order valence-corrected chi connectivity index (χ4v) is 7.15. The third-order valence-electron chi connectivity index (χ3n) is 9.48. The lowest BCUT2D eigenvalue weighted by atomic mass is 9.68. The Labute approximate surface area is 201 Å². The van der Waals surface area contributed by atoms with Crippen molar-refractivity contribution in [1.82, 2.24) is 0 Å². The van der Waals surface area contributed by atoms with Gasteiger partial charge in [0, 0.05) is 0 Å². The van der Waals surface area contributed by atoms with Gasteiger partial charge in [-0.25, -0.2) is 0 Å². The molecule has 0 saturated heterocycles. The number of rotatable bonds is 12. The highest BCUT2D eigenvalue weighted by atomic mass is 14.4. The van der Waals surface area contributed by atoms with E-state index in [1.165, 1.54) is 122 Å². The monoisotopic (exact) mass is 438 g/mol. The van der Waals surface area contributed by atoms with E-state index in [0.29, 0.717) is 0 Å². The van der Waals surface area contributed by atoms with Crippen molar-refractivity contribution in [1.29, 1.82) is 0 Å². The lowest BCUT2D eigenvalue weighted by Gasteiger charge is -2.37. The average Bonchev–Trinajstić information content (AvgIpc) is 2.85. The van der Waals surface area contributed by atoms with Crippen molar-refractivity contribution in [2.45, 2.75) is 129 Å². The second kappa shape index (κ2) is 14.5. The molecule has 0 aliphatic heterocycles. The molecule has 0 nitrogen and oxygen atoms in total. The molecule has 0 radical (unpaired) electrons. The first kappa shape index (κ1) is 25.8. The van der Waals surface area contributed by atoms with E-state index in [2.05, 4.69) is 31.7 Å². The highest BCUT2D eigenvalue weighted by molar-refractivity contribution is 5.13.